The molecule has 0 saturated carbocycles. The Kier molecular flexibility index (Phi) is 7.99. The van der Waals surface area contributed by atoms with E-state index in [1.807, 2.05) is 53.4 Å². The molecule has 7 heteroatoms. The molecule has 1 aliphatic rings. The van der Waals surface area contributed by atoms with Crippen molar-refractivity contribution in [2.75, 3.05) is 13.1 Å². The Hall–Kier alpha value is -3.77. The molecule has 1 amide bonds. The number of halogens is 1. The number of carboxylic acids is 1. The minimum atomic E-state index is -0.803. The number of rotatable bonds is 8. The van der Waals surface area contributed by atoms with Gasteiger partial charge in [-0.3, -0.25) is 9.59 Å². The maximum atomic E-state index is 13.5. The lowest BCUT2D eigenvalue weighted by molar-refractivity contribution is -0.137. The van der Waals surface area contributed by atoms with Gasteiger partial charge in [-0.1, -0.05) is 54.1 Å². The van der Waals surface area contributed by atoms with Gasteiger partial charge in [-0.05, 0) is 68.0 Å². The fourth-order valence-corrected chi connectivity index (χ4v) is 5.27. The van der Waals surface area contributed by atoms with Gasteiger partial charge in [-0.2, -0.15) is 0 Å². The van der Waals surface area contributed by atoms with E-state index in [-0.39, 0.29) is 12.3 Å². The average molecular weight is 528 g/mol. The Bertz CT molecular complexity index is 1440. The number of aliphatic carboxylic acids is 1. The minimum absolute atomic E-state index is 0.0131. The summed E-state index contributed by atoms with van der Waals surface area (Å²) in [4.78, 5) is 36.3. The fourth-order valence-electron chi connectivity index (χ4n) is 5.15. The first kappa shape index (κ1) is 25.9. The van der Waals surface area contributed by atoms with Crippen LogP contribution < -0.4 is 0 Å². The van der Waals surface area contributed by atoms with E-state index in [0.29, 0.717) is 53.3 Å². The zero-order chi connectivity index (χ0) is 26.5. The molecule has 1 saturated heterocycles. The molecule has 1 fully saturated rings. The second-order valence-electron chi connectivity index (χ2n) is 9.83. The van der Waals surface area contributed by atoms with Crippen LogP contribution in [0.5, 0.6) is 0 Å². The number of fused-ring (bicyclic) bond motifs is 1. The summed E-state index contributed by atoms with van der Waals surface area (Å²) in [6.07, 6.45) is 4.01. The molecule has 1 aliphatic heterocycles. The second-order valence-corrected chi connectivity index (χ2v) is 10.3. The van der Waals surface area contributed by atoms with E-state index in [0.717, 1.165) is 36.3 Å². The summed E-state index contributed by atoms with van der Waals surface area (Å²) < 4.78 is 0. The Morgan fingerprint density at radius 1 is 0.947 bits per heavy atom. The number of benzene rings is 3. The summed E-state index contributed by atoms with van der Waals surface area (Å²) in [6, 6.07) is 23.4. The molecule has 0 spiro atoms. The quantitative estimate of drug-likeness (QED) is 0.256. The number of amides is 1. The number of piperidine rings is 1. The van der Waals surface area contributed by atoms with Crippen LogP contribution in [0.3, 0.4) is 0 Å². The molecular formula is C31H30ClN3O3. The predicted molar refractivity (Wildman–Crippen MR) is 149 cm³/mol. The van der Waals surface area contributed by atoms with Crippen LogP contribution in [0.1, 0.15) is 59.6 Å². The number of hydrogen-bond donors (Lipinski definition) is 1. The molecule has 2 heterocycles. The van der Waals surface area contributed by atoms with E-state index in [1.54, 1.807) is 0 Å². The monoisotopic (exact) mass is 527 g/mol. The lowest BCUT2D eigenvalue weighted by Crippen LogP contribution is -2.39. The average Bonchev–Trinajstić information content (AvgIpc) is 2.95. The standard InChI is InChI=1S/C31H30ClN3O3/c32-25-15-12-22(13-16-25)30-27(10-4-5-11-29(36)37)33-28-19-23(14-17-26(28)34-30)31(38)35-18-6-9-24(20-35)21-7-2-1-3-8-21/h1-3,7-8,12-17,19,24H,4-6,9-11,18,20H2,(H,36,37). The fraction of sp³-hybridized carbons (Fsp3) is 0.290. The highest BCUT2D eigenvalue weighted by molar-refractivity contribution is 6.30. The Balaban J connectivity index is 1.42. The molecular weight excluding hydrogens is 498 g/mol. The van der Waals surface area contributed by atoms with Crippen LogP contribution in [0, 0.1) is 0 Å². The van der Waals surface area contributed by atoms with Crippen molar-refractivity contribution >= 4 is 34.5 Å². The van der Waals surface area contributed by atoms with Gasteiger partial charge in [-0.25, -0.2) is 9.97 Å². The van der Waals surface area contributed by atoms with Crippen molar-refractivity contribution in [1.29, 1.82) is 0 Å². The molecule has 3 aromatic carbocycles. The molecule has 0 aliphatic carbocycles. The SMILES string of the molecule is O=C(O)CCCCc1nc2cc(C(=O)N3CCCC(c4ccccc4)C3)ccc2nc1-c1ccc(Cl)cc1. The number of unbranched alkanes of at least 4 members (excludes halogenated alkanes) is 1. The first-order valence-corrected chi connectivity index (χ1v) is 13.5. The topological polar surface area (TPSA) is 83.4 Å². The van der Waals surface area contributed by atoms with Crippen LogP contribution in [-0.2, 0) is 11.2 Å². The van der Waals surface area contributed by atoms with Crippen molar-refractivity contribution < 1.29 is 14.7 Å². The maximum absolute atomic E-state index is 13.5. The van der Waals surface area contributed by atoms with Crippen molar-refractivity contribution in [2.45, 2.75) is 44.4 Å². The van der Waals surface area contributed by atoms with Gasteiger partial charge in [-0.15, -0.1) is 0 Å². The second kappa shape index (κ2) is 11.7. The lowest BCUT2D eigenvalue weighted by Gasteiger charge is -2.33. The van der Waals surface area contributed by atoms with Crippen LogP contribution in [0.25, 0.3) is 22.3 Å². The number of nitrogens with zero attached hydrogens (tertiary/aromatic N) is 3. The van der Waals surface area contributed by atoms with Gasteiger partial charge in [0, 0.05) is 41.6 Å². The molecule has 1 unspecified atom stereocenters. The Labute approximate surface area is 227 Å². The number of carbonyl (C=O) groups is 2. The lowest BCUT2D eigenvalue weighted by atomic mass is 9.90. The van der Waals surface area contributed by atoms with Gasteiger partial charge < -0.3 is 10.0 Å². The van der Waals surface area contributed by atoms with Gasteiger partial charge in [0.25, 0.3) is 5.91 Å². The van der Waals surface area contributed by atoms with E-state index in [2.05, 4.69) is 24.3 Å². The molecule has 6 nitrogen and oxygen atoms in total. The summed E-state index contributed by atoms with van der Waals surface area (Å²) in [5.41, 5.74) is 5.70. The summed E-state index contributed by atoms with van der Waals surface area (Å²) in [7, 11) is 0. The smallest absolute Gasteiger partial charge is 0.303 e. The van der Waals surface area contributed by atoms with Crippen LogP contribution in [0.4, 0.5) is 0 Å². The number of hydrogen-bond acceptors (Lipinski definition) is 4. The van der Waals surface area contributed by atoms with Crippen LogP contribution in [0.15, 0.2) is 72.8 Å². The van der Waals surface area contributed by atoms with E-state index in [1.165, 1.54) is 5.56 Å². The largest absolute Gasteiger partial charge is 0.481 e. The van der Waals surface area contributed by atoms with Crippen LogP contribution in [0.2, 0.25) is 5.02 Å². The van der Waals surface area contributed by atoms with E-state index < -0.39 is 5.97 Å². The Morgan fingerprint density at radius 2 is 1.74 bits per heavy atom. The predicted octanol–water partition coefficient (Wildman–Crippen LogP) is 6.77. The van der Waals surface area contributed by atoms with Crippen molar-refractivity contribution in [3.05, 3.63) is 94.6 Å². The molecule has 38 heavy (non-hydrogen) atoms. The van der Waals surface area contributed by atoms with Gasteiger partial charge in [0.1, 0.15) is 0 Å². The summed E-state index contributed by atoms with van der Waals surface area (Å²) in [5.74, 6) is -0.449. The highest BCUT2D eigenvalue weighted by atomic mass is 35.5. The summed E-state index contributed by atoms with van der Waals surface area (Å²) in [6.45, 7) is 1.45. The van der Waals surface area contributed by atoms with Crippen LogP contribution in [-0.4, -0.2) is 44.9 Å². The van der Waals surface area contributed by atoms with E-state index in [9.17, 15) is 9.59 Å². The molecule has 0 bridgehead atoms. The number of aryl methyl sites for hydroxylation is 1. The van der Waals surface area contributed by atoms with E-state index in [4.69, 9.17) is 26.7 Å². The molecule has 4 aromatic rings. The molecule has 1 aromatic heterocycles. The van der Waals surface area contributed by atoms with Gasteiger partial charge in [0.05, 0.1) is 22.4 Å². The van der Waals surface area contributed by atoms with Crippen molar-refractivity contribution in [3.8, 4) is 11.3 Å². The molecule has 1 atom stereocenters. The first-order chi connectivity index (χ1) is 18.5. The number of carbonyl (C=O) groups excluding carboxylic acids is 1. The summed E-state index contributed by atoms with van der Waals surface area (Å²) >= 11 is 6.09. The van der Waals surface area contributed by atoms with Crippen LogP contribution >= 0.6 is 11.6 Å². The third kappa shape index (κ3) is 6.03. The number of aromatic nitrogens is 2. The first-order valence-electron chi connectivity index (χ1n) is 13.1. The van der Waals surface area contributed by atoms with E-state index >= 15 is 0 Å². The normalized spacial score (nSPS) is 15.5. The minimum Gasteiger partial charge on any atom is -0.481 e. The van der Waals surface area contributed by atoms with Gasteiger partial charge >= 0.3 is 5.97 Å². The van der Waals surface area contributed by atoms with Crippen molar-refractivity contribution in [3.63, 3.8) is 0 Å². The zero-order valence-electron chi connectivity index (χ0n) is 21.1. The Morgan fingerprint density at radius 3 is 2.50 bits per heavy atom. The van der Waals surface area contributed by atoms with Crippen molar-refractivity contribution in [2.24, 2.45) is 0 Å². The maximum Gasteiger partial charge on any atom is 0.303 e. The van der Waals surface area contributed by atoms with Gasteiger partial charge in [0.15, 0.2) is 0 Å². The molecule has 0 radical (unpaired) electrons. The zero-order valence-corrected chi connectivity index (χ0v) is 21.9. The molecule has 1 N–H and O–H groups in total. The highest BCUT2D eigenvalue weighted by Crippen LogP contribution is 2.29. The summed E-state index contributed by atoms with van der Waals surface area (Å²) in [5, 5.41) is 9.65. The molecule has 194 valence electrons. The third-order valence-corrected chi connectivity index (χ3v) is 7.39. The third-order valence-electron chi connectivity index (χ3n) is 7.13. The highest BCUT2D eigenvalue weighted by Gasteiger charge is 2.26. The number of likely N-dealkylation sites (tertiary alicyclic amines) is 1. The van der Waals surface area contributed by atoms with Gasteiger partial charge in [0.2, 0.25) is 0 Å². The number of carboxylic acid groups (broad SMARTS) is 1. The van der Waals surface area contributed by atoms with Crippen molar-refractivity contribution in [1.82, 2.24) is 14.9 Å². The molecule has 5 rings (SSSR count).